The highest BCUT2D eigenvalue weighted by atomic mass is 16.5. The summed E-state index contributed by atoms with van der Waals surface area (Å²) in [7, 11) is 0. The van der Waals surface area contributed by atoms with E-state index >= 15 is 0 Å². The highest BCUT2D eigenvalue weighted by molar-refractivity contribution is 5.86. The summed E-state index contributed by atoms with van der Waals surface area (Å²) in [5, 5.41) is 0.963. The molecule has 0 atom stereocenters. The average Bonchev–Trinajstić information content (AvgIpc) is 3.09. The summed E-state index contributed by atoms with van der Waals surface area (Å²) >= 11 is 0. The van der Waals surface area contributed by atoms with Crippen LogP contribution in [0.2, 0.25) is 0 Å². The van der Waals surface area contributed by atoms with Gasteiger partial charge in [0, 0.05) is 10.9 Å². The van der Waals surface area contributed by atoms with Crippen molar-refractivity contribution in [1.82, 2.24) is 0 Å². The Bertz CT molecular complexity index is 1060. The summed E-state index contributed by atoms with van der Waals surface area (Å²) in [6, 6.07) is 24.2. The van der Waals surface area contributed by atoms with E-state index in [1.807, 2.05) is 67.6 Å². The van der Waals surface area contributed by atoms with Gasteiger partial charge in [-0.1, -0.05) is 66.7 Å². The van der Waals surface area contributed by atoms with E-state index in [4.69, 9.17) is 9.15 Å². The Kier molecular flexibility index (Phi) is 4.75. The molecule has 1 aromatic heterocycles. The van der Waals surface area contributed by atoms with E-state index in [0.29, 0.717) is 0 Å². The molecule has 4 rings (SSSR count). The number of aryl methyl sites for hydroxylation is 1. The number of rotatable bonds is 5. The summed E-state index contributed by atoms with van der Waals surface area (Å²) in [5.41, 5.74) is 6.07. The van der Waals surface area contributed by atoms with E-state index in [9.17, 15) is 4.79 Å². The van der Waals surface area contributed by atoms with Gasteiger partial charge in [-0.05, 0) is 35.2 Å². The Labute approximate surface area is 158 Å². The number of benzene rings is 3. The summed E-state index contributed by atoms with van der Waals surface area (Å²) in [6.45, 7) is 2.28. The molecule has 1 heterocycles. The standard InChI is InChI=1S/C24H20O3/c1-17-7-12-22-21(16-26-23(22)13-17)14-24(25)27-15-18-8-10-20(11-9-18)19-5-3-2-4-6-19/h2-13,16H,14-15H2,1H3. The Morgan fingerprint density at radius 2 is 1.67 bits per heavy atom. The molecule has 0 bridgehead atoms. The van der Waals surface area contributed by atoms with Gasteiger partial charge in [0.1, 0.15) is 12.2 Å². The first-order valence-corrected chi connectivity index (χ1v) is 8.96. The highest BCUT2D eigenvalue weighted by Crippen LogP contribution is 2.23. The van der Waals surface area contributed by atoms with E-state index in [1.165, 1.54) is 5.56 Å². The molecular formula is C24H20O3. The minimum atomic E-state index is -0.259. The summed E-state index contributed by atoms with van der Waals surface area (Å²) < 4.78 is 11.0. The normalized spacial score (nSPS) is 10.9. The van der Waals surface area contributed by atoms with Gasteiger partial charge in [0.2, 0.25) is 0 Å². The van der Waals surface area contributed by atoms with Gasteiger partial charge in [0.15, 0.2) is 0 Å². The van der Waals surface area contributed by atoms with Crippen LogP contribution in [0.3, 0.4) is 0 Å². The molecule has 3 nitrogen and oxygen atoms in total. The van der Waals surface area contributed by atoms with Crippen LogP contribution in [0.4, 0.5) is 0 Å². The second-order valence-electron chi connectivity index (χ2n) is 6.66. The molecule has 0 aliphatic carbocycles. The fourth-order valence-corrected chi connectivity index (χ4v) is 3.12. The third-order valence-corrected chi connectivity index (χ3v) is 4.61. The van der Waals surface area contributed by atoms with Crippen LogP contribution in [0.1, 0.15) is 16.7 Å². The summed E-state index contributed by atoms with van der Waals surface area (Å²) in [4.78, 5) is 12.2. The number of fused-ring (bicyclic) bond motifs is 1. The van der Waals surface area contributed by atoms with Gasteiger partial charge in [-0.15, -0.1) is 0 Å². The predicted molar refractivity (Wildman–Crippen MR) is 106 cm³/mol. The zero-order valence-electron chi connectivity index (χ0n) is 15.1. The van der Waals surface area contributed by atoms with Crippen LogP contribution in [0.15, 0.2) is 83.5 Å². The van der Waals surface area contributed by atoms with Crippen LogP contribution < -0.4 is 0 Å². The Morgan fingerprint density at radius 1 is 0.926 bits per heavy atom. The number of carbonyl (C=O) groups is 1. The lowest BCUT2D eigenvalue weighted by Crippen LogP contribution is -2.07. The van der Waals surface area contributed by atoms with Crippen LogP contribution in [-0.2, 0) is 22.6 Å². The first-order valence-electron chi connectivity index (χ1n) is 8.96. The van der Waals surface area contributed by atoms with Crippen molar-refractivity contribution in [2.75, 3.05) is 0 Å². The van der Waals surface area contributed by atoms with Crippen molar-refractivity contribution < 1.29 is 13.9 Å². The molecule has 0 saturated carbocycles. The molecule has 27 heavy (non-hydrogen) atoms. The van der Waals surface area contributed by atoms with E-state index in [2.05, 4.69) is 12.1 Å². The fourth-order valence-electron chi connectivity index (χ4n) is 3.12. The highest BCUT2D eigenvalue weighted by Gasteiger charge is 2.12. The monoisotopic (exact) mass is 356 g/mol. The zero-order valence-corrected chi connectivity index (χ0v) is 15.1. The molecule has 134 valence electrons. The number of hydrogen-bond acceptors (Lipinski definition) is 3. The molecule has 3 heteroatoms. The van der Waals surface area contributed by atoms with Gasteiger partial charge in [0.25, 0.3) is 0 Å². The molecule has 0 unspecified atom stereocenters. The summed E-state index contributed by atoms with van der Waals surface area (Å²) in [6.07, 6.45) is 1.85. The van der Waals surface area contributed by atoms with Crippen LogP contribution in [-0.4, -0.2) is 5.97 Å². The molecule has 0 aliphatic heterocycles. The van der Waals surface area contributed by atoms with E-state index < -0.39 is 0 Å². The summed E-state index contributed by atoms with van der Waals surface area (Å²) in [5.74, 6) is -0.259. The number of carbonyl (C=O) groups excluding carboxylic acids is 1. The van der Waals surface area contributed by atoms with E-state index in [-0.39, 0.29) is 19.0 Å². The van der Waals surface area contributed by atoms with Crippen LogP contribution >= 0.6 is 0 Å². The molecule has 0 saturated heterocycles. The number of ether oxygens (including phenoxy) is 1. The van der Waals surface area contributed by atoms with Crippen LogP contribution in [0.5, 0.6) is 0 Å². The molecule has 0 radical (unpaired) electrons. The molecule has 0 aliphatic rings. The quantitative estimate of drug-likeness (QED) is 0.431. The minimum absolute atomic E-state index is 0.207. The first kappa shape index (κ1) is 17.1. The van der Waals surface area contributed by atoms with Crippen molar-refractivity contribution >= 4 is 16.9 Å². The Morgan fingerprint density at radius 3 is 2.44 bits per heavy atom. The molecule has 0 amide bonds. The van der Waals surface area contributed by atoms with Gasteiger partial charge in [0.05, 0.1) is 12.7 Å². The first-order chi connectivity index (χ1) is 13.2. The average molecular weight is 356 g/mol. The lowest BCUT2D eigenvalue weighted by Gasteiger charge is -2.06. The van der Waals surface area contributed by atoms with Gasteiger partial charge in [-0.25, -0.2) is 0 Å². The van der Waals surface area contributed by atoms with Crippen molar-refractivity contribution in [2.45, 2.75) is 20.0 Å². The lowest BCUT2D eigenvalue weighted by atomic mass is 10.0. The van der Waals surface area contributed by atoms with Crippen LogP contribution in [0.25, 0.3) is 22.1 Å². The van der Waals surface area contributed by atoms with Crippen molar-refractivity contribution in [3.63, 3.8) is 0 Å². The SMILES string of the molecule is Cc1ccc2c(CC(=O)OCc3ccc(-c4ccccc4)cc3)coc2c1. The number of hydrogen-bond donors (Lipinski definition) is 0. The fraction of sp³-hybridized carbons (Fsp3) is 0.125. The van der Waals surface area contributed by atoms with Gasteiger partial charge in [-0.2, -0.15) is 0 Å². The maximum absolute atomic E-state index is 12.2. The molecule has 0 spiro atoms. The second-order valence-corrected chi connectivity index (χ2v) is 6.66. The largest absolute Gasteiger partial charge is 0.464 e. The third-order valence-electron chi connectivity index (χ3n) is 4.61. The van der Waals surface area contributed by atoms with Gasteiger partial charge in [-0.3, -0.25) is 4.79 Å². The molecule has 0 fully saturated rings. The third kappa shape index (κ3) is 3.93. The minimum Gasteiger partial charge on any atom is -0.464 e. The van der Waals surface area contributed by atoms with E-state index in [0.717, 1.165) is 33.2 Å². The zero-order chi connectivity index (χ0) is 18.6. The van der Waals surface area contributed by atoms with Crippen molar-refractivity contribution in [2.24, 2.45) is 0 Å². The lowest BCUT2D eigenvalue weighted by molar-refractivity contribution is -0.144. The number of furan rings is 1. The topological polar surface area (TPSA) is 39.4 Å². The van der Waals surface area contributed by atoms with Crippen molar-refractivity contribution in [1.29, 1.82) is 0 Å². The Hall–Kier alpha value is -3.33. The molecule has 4 aromatic rings. The Balaban J connectivity index is 1.37. The predicted octanol–water partition coefficient (Wildman–Crippen LogP) is 5.69. The van der Waals surface area contributed by atoms with Crippen LogP contribution in [0, 0.1) is 6.92 Å². The van der Waals surface area contributed by atoms with Gasteiger partial charge < -0.3 is 9.15 Å². The van der Waals surface area contributed by atoms with Crippen molar-refractivity contribution in [3.05, 3.63) is 95.7 Å². The smallest absolute Gasteiger partial charge is 0.310 e. The van der Waals surface area contributed by atoms with Gasteiger partial charge >= 0.3 is 5.97 Å². The maximum Gasteiger partial charge on any atom is 0.310 e. The second kappa shape index (κ2) is 7.50. The number of esters is 1. The molecule has 0 N–H and O–H groups in total. The maximum atomic E-state index is 12.2. The molecule has 3 aromatic carbocycles. The van der Waals surface area contributed by atoms with E-state index in [1.54, 1.807) is 6.26 Å². The molecular weight excluding hydrogens is 336 g/mol. The van der Waals surface area contributed by atoms with Crippen molar-refractivity contribution in [3.8, 4) is 11.1 Å².